The van der Waals surface area contributed by atoms with Crippen LogP contribution in [0.4, 0.5) is 5.69 Å². The summed E-state index contributed by atoms with van der Waals surface area (Å²) in [6, 6.07) is 3.65. The van der Waals surface area contributed by atoms with Crippen molar-refractivity contribution < 1.29 is 0 Å². The van der Waals surface area contributed by atoms with Crippen molar-refractivity contribution in [1.82, 2.24) is 4.98 Å². The normalized spacial score (nSPS) is 9.29. The quantitative estimate of drug-likeness (QED) is 0.729. The SMILES string of the molecule is CNc1cc(C#N)c(C)nc1C(=N)Cl. The van der Waals surface area contributed by atoms with Gasteiger partial charge in [-0.2, -0.15) is 5.26 Å². The van der Waals surface area contributed by atoms with Crippen molar-refractivity contribution in [2.75, 3.05) is 12.4 Å². The molecule has 14 heavy (non-hydrogen) atoms. The van der Waals surface area contributed by atoms with Crippen LogP contribution in [0.25, 0.3) is 0 Å². The molecule has 0 fully saturated rings. The number of aryl methyl sites for hydroxylation is 1. The lowest BCUT2D eigenvalue weighted by atomic mass is 10.1. The summed E-state index contributed by atoms with van der Waals surface area (Å²) in [7, 11) is 1.69. The van der Waals surface area contributed by atoms with Crippen molar-refractivity contribution in [2.24, 2.45) is 0 Å². The number of nitrogens with zero attached hydrogens (tertiary/aromatic N) is 2. The summed E-state index contributed by atoms with van der Waals surface area (Å²) in [5.41, 5.74) is 2.01. The van der Waals surface area contributed by atoms with E-state index in [9.17, 15) is 0 Å². The van der Waals surface area contributed by atoms with Crippen LogP contribution in [0.5, 0.6) is 0 Å². The topological polar surface area (TPSA) is 72.6 Å². The van der Waals surface area contributed by atoms with E-state index < -0.39 is 0 Å². The van der Waals surface area contributed by atoms with Gasteiger partial charge in [-0.15, -0.1) is 0 Å². The third-order valence-corrected chi connectivity index (χ3v) is 1.99. The van der Waals surface area contributed by atoms with Crippen LogP contribution in [0.1, 0.15) is 17.0 Å². The highest BCUT2D eigenvalue weighted by Crippen LogP contribution is 2.18. The Balaban J connectivity index is 3.41. The van der Waals surface area contributed by atoms with E-state index in [4.69, 9.17) is 22.3 Å². The fourth-order valence-electron chi connectivity index (χ4n) is 1.08. The highest BCUT2D eigenvalue weighted by atomic mass is 35.5. The first-order valence-electron chi connectivity index (χ1n) is 3.94. The molecule has 0 saturated carbocycles. The molecule has 0 aliphatic heterocycles. The third kappa shape index (κ3) is 1.83. The maximum absolute atomic E-state index is 8.76. The second kappa shape index (κ2) is 4.07. The fourth-order valence-corrected chi connectivity index (χ4v) is 1.22. The summed E-state index contributed by atoms with van der Waals surface area (Å²) in [6.45, 7) is 1.71. The van der Waals surface area contributed by atoms with E-state index in [1.165, 1.54) is 0 Å². The summed E-state index contributed by atoms with van der Waals surface area (Å²) in [6.07, 6.45) is 0. The molecule has 1 aromatic heterocycles. The van der Waals surface area contributed by atoms with Crippen LogP contribution < -0.4 is 5.32 Å². The smallest absolute Gasteiger partial charge is 0.148 e. The minimum Gasteiger partial charge on any atom is -0.386 e. The van der Waals surface area contributed by atoms with Gasteiger partial charge in [-0.25, -0.2) is 4.98 Å². The van der Waals surface area contributed by atoms with Gasteiger partial charge in [0.05, 0.1) is 16.9 Å². The van der Waals surface area contributed by atoms with Crippen LogP contribution in [-0.2, 0) is 0 Å². The van der Waals surface area contributed by atoms with Crippen molar-refractivity contribution in [2.45, 2.75) is 6.92 Å². The maximum Gasteiger partial charge on any atom is 0.148 e. The number of hydrogen-bond donors (Lipinski definition) is 2. The minimum atomic E-state index is -0.137. The van der Waals surface area contributed by atoms with Gasteiger partial charge in [-0.3, -0.25) is 5.41 Å². The van der Waals surface area contributed by atoms with E-state index in [1.54, 1.807) is 20.0 Å². The van der Waals surface area contributed by atoms with Gasteiger partial charge in [0.15, 0.2) is 0 Å². The summed E-state index contributed by atoms with van der Waals surface area (Å²) in [4.78, 5) is 4.07. The van der Waals surface area contributed by atoms with Gasteiger partial charge in [0.1, 0.15) is 16.9 Å². The molecule has 0 spiro atoms. The number of anilines is 1. The Morgan fingerprint density at radius 3 is 2.79 bits per heavy atom. The summed E-state index contributed by atoms with van der Waals surface area (Å²) in [5, 5.41) is 18.8. The second-order valence-corrected chi connectivity index (χ2v) is 3.07. The molecule has 0 atom stereocenters. The third-order valence-electron chi connectivity index (χ3n) is 1.81. The van der Waals surface area contributed by atoms with Crippen molar-refractivity contribution >= 4 is 22.5 Å². The Labute approximate surface area is 87.0 Å². The fraction of sp³-hybridized carbons (Fsp3) is 0.222. The monoisotopic (exact) mass is 208 g/mol. The Morgan fingerprint density at radius 1 is 1.71 bits per heavy atom. The van der Waals surface area contributed by atoms with Crippen molar-refractivity contribution in [3.63, 3.8) is 0 Å². The molecular formula is C9H9ClN4. The lowest BCUT2D eigenvalue weighted by Gasteiger charge is -2.07. The number of rotatable bonds is 2. The number of nitrogens with one attached hydrogen (secondary N) is 2. The predicted octanol–water partition coefficient (Wildman–Crippen LogP) is 1.87. The van der Waals surface area contributed by atoms with E-state index in [1.807, 2.05) is 6.07 Å². The number of halogens is 1. The maximum atomic E-state index is 8.76. The molecule has 0 aromatic carbocycles. The second-order valence-electron chi connectivity index (χ2n) is 2.69. The van der Waals surface area contributed by atoms with E-state index in [-0.39, 0.29) is 5.17 Å². The highest BCUT2D eigenvalue weighted by Gasteiger charge is 2.10. The summed E-state index contributed by atoms with van der Waals surface area (Å²) in [5.74, 6) is 0. The van der Waals surface area contributed by atoms with E-state index in [0.717, 1.165) is 0 Å². The van der Waals surface area contributed by atoms with Gasteiger partial charge < -0.3 is 5.32 Å². The summed E-state index contributed by atoms with van der Waals surface area (Å²) >= 11 is 5.55. The molecule has 0 radical (unpaired) electrons. The first-order valence-corrected chi connectivity index (χ1v) is 4.32. The molecule has 0 unspecified atom stereocenters. The van der Waals surface area contributed by atoms with Gasteiger partial charge in [0, 0.05) is 7.05 Å². The number of aromatic nitrogens is 1. The molecule has 1 heterocycles. The van der Waals surface area contributed by atoms with Crippen LogP contribution in [-0.4, -0.2) is 17.2 Å². The molecular weight excluding hydrogens is 200 g/mol. The zero-order valence-corrected chi connectivity index (χ0v) is 8.61. The molecule has 1 aromatic rings. The van der Waals surface area contributed by atoms with Gasteiger partial charge in [0.25, 0.3) is 0 Å². The average Bonchev–Trinajstić information content (AvgIpc) is 2.17. The van der Waals surface area contributed by atoms with Crippen LogP contribution in [0.2, 0.25) is 0 Å². The Bertz CT molecular complexity index is 420. The molecule has 0 amide bonds. The molecule has 0 aliphatic carbocycles. The number of pyridine rings is 1. The van der Waals surface area contributed by atoms with E-state index in [2.05, 4.69) is 10.3 Å². The van der Waals surface area contributed by atoms with Gasteiger partial charge in [-0.1, -0.05) is 11.6 Å². The first-order chi connectivity index (χ1) is 6.60. The van der Waals surface area contributed by atoms with Gasteiger partial charge in [0.2, 0.25) is 0 Å². The molecule has 72 valence electrons. The molecule has 0 saturated heterocycles. The lowest BCUT2D eigenvalue weighted by molar-refractivity contribution is 1.16. The predicted molar refractivity (Wildman–Crippen MR) is 55.9 cm³/mol. The Morgan fingerprint density at radius 2 is 2.36 bits per heavy atom. The van der Waals surface area contributed by atoms with Gasteiger partial charge in [-0.05, 0) is 13.0 Å². The van der Waals surface area contributed by atoms with E-state index >= 15 is 0 Å². The molecule has 1 rings (SSSR count). The van der Waals surface area contributed by atoms with Crippen LogP contribution in [0, 0.1) is 23.7 Å². The van der Waals surface area contributed by atoms with Gasteiger partial charge >= 0.3 is 0 Å². The average molecular weight is 209 g/mol. The number of hydrogen-bond acceptors (Lipinski definition) is 4. The molecule has 0 aliphatic rings. The zero-order chi connectivity index (χ0) is 10.7. The first kappa shape index (κ1) is 10.5. The Kier molecular flexibility index (Phi) is 3.05. The Hall–Kier alpha value is -1.60. The largest absolute Gasteiger partial charge is 0.386 e. The molecule has 2 N–H and O–H groups in total. The highest BCUT2D eigenvalue weighted by molar-refractivity contribution is 6.68. The lowest BCUT2D eigenvalue weighted by Crippen LogP contribution is -2.04. The van der Waals surface area contributed by atoms with Crippen LogP contribution in [0.15, 0.2) is 6.07 Å². The number of nitriles is 1. The molecule has 0 bridgehead atoms. The van der Waals surface area contributed by atoms with Crippen molar-refractivity contribution in [1.29, 1.82) is 10.7 Å². The van der Waals surface area contributed by atoms with Crippen LogP contribution in [0.3, 0.4) is 0 Å². The molecule has 4 nitrogen and oxygen atoms in total. The molecule has 5 heteroatoms. The van der Waals surface area contributed by atoms with Crippen molar-refractivity contribution in [3.8, 4) is 6.07 Å². The minimum absolute atomic E-state index is 0.137. The summed E-state index contributed by atoms with van der Waals surface area (Å²) < 4.78 is 0. The standard InChI is InChI=1S/C9H9ClN4/c1-5-6(4-11)3-7(13-2)8(14-5)9(10)12/h3,12-13H,1-2H3. The zero-order valence-electron chi connectivity index (χ0n) is 7.85. The van der Waals surface area contributed by atoms with E-state index in [0.29, 0.717) is 22.6 Å². The van der Waals surface area contributed by atoms with Crippen LogP contribution >= 0.6 is 11.6 Å². The van der Waals surface area contributed by atoms with Crippen molar-refractivity contribution in [3.05, 3.63) is 23.0 Å².